The van der Waals surface area contributed by atoms with Gasteiger partial charge in [0.05, 0.1) is 0 Å². The second kappa shape index (κ2) is 5.87. The SMILES string of the molecule is CNCc1c(Oc2ccccc2SC)nc2sccn12. The van der Waals surface area contributed by atoms with Gasteiger partial charge in [-0.2, -0.15) is 4.98 Å². The summed E-state index contributed by atoms with van der Waals surface area (Å²) in [4.78, 5) is 6.63. The quantitative estimate of drug-likeness (QED) is 0.731. The van der Waals surface area contributed by atoms with E-state index in [2.05, 4.69) is 20.8 Å². The van der Waals surface area contributed by atoms with Gasteiger partial charge in [-0.15, -0.1) is 23.1 Å². The van der Waals surface area contributed by atoms with E-state index in [0.717, 1.165) is 21.3 Å². The first-order chi connectivity index (χ1) is 9.83. The molecule has 0 aliphatic rings. The molecule has 0 bridgehead atoms. The van der Waals surface area contributed by atoms with Gasteiger partial charge in [0.25, 0.3) is 0 Å². The molecule has 0 spiro atoms. The van der Waals surface area contributed by atoms with Gasteiger partial charge < -0.3 is 10.1 Å². The molecule has 0 fully saturated rings. The number of nitrogens with zero attached hydrogens (tertiary/aromatic N) is 2. The average molecular weight is 305 g/mol. The maximum absolute atomic E-state index is 6.04. The molecule has 3 rings (SSSR count). The van der Waals surface area contributed by atoms with Gasteiger partial charge in [0, 0.05) is 23.0 Å². The lowest BCUT2D eigenvalue weighted by atomic mass is 10.3. The second-order valence-corrected chi connectivity index (χ2v) is 5.92. The lowest BCUT2D eigenvalue weighted by molar-refractivity contribution is 0.447. The van der Waals surface area contributed by atoms with Crippen molar-refractivity contribution in [3.05, 3.63) is 41.5 Å². The highest BCUT2D eigenvalue weighted by molar-refractivity contribution is 7.98. The van der Waals surface area contributed by atoms with Crippen LogP contribution < -0.4 is 10.1 Å². The predicted octanol–water partition coefficient (Wildman–Crippen LogP) is 3.63. The van der Waals surface area contributed by atoms with Gasteiger partial charge in [-0.25, -0.2) is 0 Å². The van der Waals surface area contributed by atoms with Crippen LogP contribution in [0.3, 0.4) is 0 Å². The van der Waals surface area contributed by atoms with E-state index in [1.165, 1.54) is 0 Å². The molecule has 2 aromatic heterocycles. The van der Waals surface area contributed by atoms with Crippen molar-refractivity contribution >= 4 is 28.1 Å². The second-order valence-electron chi connectivity index (χ2n) is 4.20. The molecule has 0 saturated heterocycles. The van der Waals surface area contributed by atoms with Crippen LogP contribution in [0.1, 0.15) is 5.69 Å². The van der Waals surface area contributed by atoms with Crippen LogP contribution in [0.2, 0.25) is 0 Å². The molecule has 20 heavy (non-hydrogen) atoms. The summed E-state index contributed by atoms with van der Waals surface area (Å²) in [6.45, 7) is 0.717. The van der Waals surface area contributed by atoms with Crippen molar-refractivity contribution < 1.29 is 4.74 Å². The Bertz CT molecular complexity index is 720. The number of benzene rings is 1. The highest BCUT2D eigenvalue weighted by atomic mass is 32.2. The molecule has 0 atom stereocenters. The summed E-state index contributed by atoms with van der Waals surface area (Å²) in [7, 11) is 1.92. The van der Waals surface area contributed by atoms with Crippen molar-refractivity contribution in [1.29, 1.82) is 0 Å². The Hall–Kier alpha value is -1.50. The number of thioether (sulfide) groups is 1. The molecule has 6 heteroatoms. The number of para-hydroxylation sites is 1. The van der Waals surface area contributed by atoms with Gasteiger partial charge in [0.2, 0.25) is 5.88 Å². The van der Waals surface area contributed by atoms with Crippen LogP contribution in [-0.4, -0.2) is 22.7 Å². The van der Waals surface area contributed by atoms with Gasteiger partial charge >= 0.3 is 0 Å². The molecule has 3 aromatic rings. The molecule has 0 saturated carbocycles. The van der Waals surface area contributed by atoms with E-state index >= 15 is 0 Å². The molecular weight excluding hydrogens is 290 g/mol. The minimum Gasteiger partial charge on any atom is -0.436 e. The molecular formula is C14H15N3OS2. The van der Waals surface area contributed by atoms with E-state index < -0.39 is 0 Å². The molecule has 4 nitrogen and oxygen atoms in total. The fourth-order valence-electron chi connectivity index (χ4n) is 2.03. The van der Waals surface area contributed by atoms with Crippen LogP contribution in [0.4, 0.5) is 0 Å². The van der Waals surface area contributed by atoms with E-state index in [4.69, 9.17) is 4.74 Å². The van der Waals surface area contributed by atoms with Gasteiger partial charge in [0.15, 0.2) is 4.96 Å². The number of hydrogen-bond donors (Lipinski definition) is 1. The fourth-order valence-corrected chi connectivity index (χ4v) is 3.28. The largest absolute Gasteiger partial charge is 0.436 e. The maximum Gasteiger partial charge on any atom is 0.243 e. The predicted molar refractivity (Wildman–Crippen MR) is 84.1 cm³/mol. The number of fused-ring (bicyclic) bond motifs is 1. The summed E-state index contributed by atoms with van der Waals surface area (Å²) >= 11 is 3.28. The van der Waals surface area contributed by atoms with E-state index in [0.29, 0.717) is 12.4 Å². The van der Waals surface area contributed by atoms with Crippen LogP contribution in [0.15, 0.2) is 40.7 Å². The number of ether oxygens (including phenoxy) is 1. The zero-order valence-corrected chi connectivity index (χ0v) is 12.9. The van der Waals surface area contributed by atoms with Crippen molar-refractivity contribution in [1.82, 2.24) is 14.7 Å². The zero-order valence-electron chi connectivity index (χ0n) is 11.3. The van der Waals surface area contributed by atoms with Crippen molar-refractivity contribution in [2.75, 3.05) is 13.3 Å². The molecule has 104 valence electrons. The lowest BCUT2D eigenvalue weighted by Crippen LogP contribution is -2.08. The topological polar surface area (TPSA) is 38.6 Å². The molecule has 0 aliphatic heterocycles. The molecule has 1 aromatic carbocycles. The Labute approximate surface area is 125 Å². The minimum absolute atomic E-state index is 0.674. The molecule has 0 amide bonds. The van der Waals surface area contributed by atoms with E-state index in [9.17, 15) is 0 Å². The van der Waals surface area contributed by atoms with E-state index in [-0.39, 0.29) is 0 Å². The summed E-state index contributed by atoms with van der Waals surface area (Å²) in [5.74, 6) is 1.52. The Morgan fingerprint density at radius 3 is 3.05 bits per heavy atom. The molecule has 2 heterocycles. The summed E-state index contributed by atoms with van der Waals surface area (Å²) in [6, 6.07) is 8.02. The van der Waals surface area contributed by atoms with Crippen molar-refractivity contribution in [3.8, 4) is 11.6 Å². The highest BCUT2D eigenvalue weighted by Gasteiger charge is 2.15. The van der Waals surface area contributed by atoms with Crippen molar-refractivity contribution in [2.24, 2.45) is 0 Å². The number of thiazole rings is 1. The van der Waals surface area contributed by atoms with Crippen LogP contribution in [-0.2, 0) is 6.54 Å². The monoisotopic (exact) mass is 305 g/mol. The van der Waals surface area contributed by atoms with E-state index in [1.807, 2.05) is 43.1 Å². The third kappa shape index (κ3) is 2.42. The summed E-state index contributed by atoms with van der Waals surface area (Å²) in [5.41, 5.74) is 1.04. The zero-order chi connectivity index (χ0) is 13.9. The van der Waals surface area contributed by atoms with Crippen LogP contribution in [0.5, 0.6) is 11.6 Å². The van der Waals surface area contributed by atoms with Crippen molar-refractivity contribution in [3.63, 3.8) is 0 Å². The smallest absolute Gasteiger partial charge is 0.243 e. The number of hydrogen-bond acceptors (Lipinski definition) is 5. The first-order valence-electron chi connectivity index (χ1n) is 6.23. The van der Waals surface area contributed by atoms with Gasteiger partial charge in [-0.05, 0) is 25.4 Å². The molecule has 0 unspecified atom stereocenters. The molecule has 0 aliphatic carbocycles. The maximum atomic E-state index is 6.04. The first kappa shape index (κ1) is 13.5. The standard InChI is InChI=1S/C14H15N3OS2/c1-15-9-10-13(16-14-17(10)7-8-20-14)18-11-5-3-4-6-12(11)19-2/h3-8,15H,9H2,1-2H3. The number of aromatic nitrogens is 2. The number of rotatable bonds is 5. The average Bonchev–Trinajstić information content (AvgIpc) is 3.03. The van der Waals surface area contributed by atoms with E-state index in [1.54, 1.807) is 23.1 Å². The number of nitrogens with one attached hydrogen (secondary N) is 1. The normalized spacial score (nSPS) is 11.1. The van der Waals surface area contributed by atoms with Crippen LogP contribution in [0, 0.1) is 0 Å². The molecule has 1 N–H and O–H groups in total. The highest BCUT2D eigenvalue weighted by Crippen LogP contribution is 2.33. The minimum atomic E-state index is 0.674. The van der Waals surface area contributed by atoms with Crippen LogP contribution in [0.25, 0.3) is 4.96 Å². The van der Waals surface area contributed by atoms with Gasteiger partial charge in [0.1, 0.15) is 11.4 Å². The summed E-state index contributed by atoms with van der Waals surface area (Å²) in [5, 5.41) is 5.19. The van der Waals surface area contributed by atoms with Crippen molar-refractivity contribution in [2.45, 2.75) is 11.4 Å². The Morgan fingerprint density at radius 1 is 1.40 bits per heavy atom. The van der Waals surface area contributed by atoms with Crippen LogP contribution >= 0.6 is 23.1 Å². The Balaban J connectivity index is 2.01. The third-order valence-corrected chi connectivity index (χ3v) is 4.48. The number of imidazole rings is 1. The summed E-state index contributed by atoms with van der Waals surface area (Å²) in [6.07, 6.45) is 4.06. The third-order valence-electron chi connectivity index (χ3n) is 2.94. The van der Waals surface area contributed by atoms with Gasteiger partial charge in [-0.3, -0.25) is 4.40 Å². The Morgan fingerprint density at radius 2 is 2.25 bits per heavy atom. The van der Waals surface area contributed by atoms with Gasteiger partial charge in [-0.1, -0.05) is 12.1 Å². The Kier molecular flexibility index (Phi) is 3.95. The molecule has 0 radical (unpaired) electrons. The summed E-state index contributed by atoms with van der Waals surface area (Å²) < 4.78 is 8.11. The first-order valence-corrected chi connectivity index (χ1v) is 8.34. The lowest BCUT2D eigenvalue weighted by Gasteiger charge is -2.09. The fraction of sp³-hybridized carbons (Fsp3) is 0.214.